The number of hydrogen-bond donors (Lipinski definition) is 0. The molecule has 1 saturated heterocycles. The molecule has 2 heterocycles. The predicted molar refractivity (Wildman–Crippen MR) is 103 cm³/mol. The number of sulfonamides is 1. The largest absolute Gasteiger partial charge is 0.243 e. The molecule has 2 unspecified atom stereocenters. The molecule has 0 spiro atoms. The highest BCUT2D eigenvalue weighted by molar-refractivity contribution is 7.99. The zero-order chi connectivity index (χ0) is 17.4. The maximum absolute atomic E-state index is 13.4. The van der Waals surface area contributed by atoms with E-state index in [-0.39, 0.29) is 6.04 Å². The van der Waals surface area contributed by atoms with E-state index in [2.05, 4.69) is 18.2 Å². The lowest BCUT2D eigenvalue weighted by molar-refractivity contribution is 0.240. The van der Waals surface area contributed by atoms with Crippen molar-refractivity contribution in [3.8, 4) is 0 Å². The molecule has 0 N–H and O–H groups in total. The Bertz CT molecular complexity index is 873. The lowest BCUT2D eigenvalue weighted by atomic mass is 9.86. The van der Waals surface area contributed by atoms with Gasteiger partial charge >= 0.3 is 0 Å². The van der Waals surface area contributed by atoms with Crippen LogP contribution in [-0.2, 0) is 16.4 Å². The van der Waals surface area contributed by atoms with Gasteiger partial charge in [-0.3, -0.25) is 0 Å². The fourth-order valence-electron chi connectivity index (χ4n) is 4.05. The Kier molecular flexibility index (Phi) is 4.65. The van der Waals surface area contributed by atoms with Gasteiger partial charge in [0.2, 0.25) is 10.0 Å². The average Bonchev–Trinajstić information content (AvgIpc) is 3.15. The summed E-state index contributed by atoms with van der Waals surface area (Å²) >= 11 is 1.94. The van der Waals surface area contributed by atoms with Crippen molar-refractivity contribution < 1.29 is 8.42 Å². The Morgan fingerprint density at radius 1 is 1.12 bits per heavy atom. The third kappa shape index (κ3) is 3.14. The molecule has 132 valence electrons. The quantitative estimate of drug-likeness (QED) is 0.815. The van der Waals surface area contributed by atoms with Crippen molar-refractivity contribution in [2.45, 2.75) is 30.7 Å². The van der Waals surface area contributed by atoms with Crippen molar-refractivity contribution in [3.05, 3.63) is 65.2 Å². The number of benzene rings is 2. The highest BCUT2D eigenvalue weighted by Gasteiger charge is 2.41. The molecule has 0 saturated carbocycles. The van der Waals surface area contributed by atoms with E-state index in [1.165, 1.54) is 11.1 Å². The van der Waals surface area contributed by atoms with Crippen LogP contribution in [0.4, 0.5) is 0 Å². The lowest BCUT2D eigenvalue weighted by Gasteiger charge is -2.39. The van der Waals surface area contributed by atoms with Gasteiger partial charge in [-0.15, -0.1) is 0 Å². The molecule has 0 bridgehead atoms. The summed E-state index contributed by atoms with van der Waals surface area (Å²) in [6, 6.07) is 15.6. The zero-order valence-electron chi connectivity index (χ0n) is 14.4. The number of thioether (sulfide) groups is 1. The van der Waals surface area contributed by atoms with Crippen molar-refractivity contribution in [1.29, 1.82) is 0 Å². The number of rotatable bonds is 3. The molecule has 4 rings (SSSR count). The molecule has 3 nitrogen and oxygen atoms in total. The van der Waals surface area contributed by atoms with Crippen molar-refractivity contribution in [2.24, 2.45) is 5.92 Å². The van der Waals surface area contributed by atoms with E-state index in [1.807, 2.05) is 36.9 Å². The molecule has 0 aliphatic carbocycles. The number of fused-ring (bicyclic) bond motifs is 1. The molecule has 2 atom stereocenters. The fourth-order valence-corrected chi connectivity index (χ4v) is 7.11. The van der Waals surface area contributed by atoms with Gasteiger partial charge in [-0.05, 0) is 66.0 Å². The van der Waals surface area contributed by atoms with Crippen LogP contribution in [-0.4, -0.2) is 30.8 Å². The van der Waals surface area contributed by atoms with Gasteiger partial charge in [0.1, 0.15) is 0 Å². The summed E-state index contributed by atoms with van der Waals surface area (Å²) in [4.78, 5) is 0.419. The van der Waals surface area contributed by atoms with Crippen molar-refractivity contribution in [3.63, 3.8) is 0 Å². The Hall–Kier alpha value is -1.30. The molecule has 2 aliphatic heterocycles. The minimum Gasteiger partial charge on any atom is -0.207 e. The van der Waals surface area contributed by atoms with Gasteiger partial charge in [-0.2, -0.15) is 16.1 Å². The molecule has 25 heavy (non-hydrogen) atoms. The molecule has 0 amide bonds. The molecule has 2 aromatic carbocycles. The molecule has 2 aliphatic rings. The summed E-state index contributed by atoms with van der Waals surface area (Å²) in [6.07, 6.45) is 1.88. The Morgan fingerprint density at radius 2 is 1.96 bits per heavy atom. The van der Waals surface area contributed by atoms with Gasteiger partial charge in [0, 0.05) is 6.54 Å². The third-order valence-corrected chi connectivity index (χ3v) is 8.36. The maximum atomic E-state index is 13.4. The van der Waals surface area contributed by atoms with Crippen LogP contribution in [0.5, 0.6) is 0 Å². The summed E-state index contributed by atoms with van der Waals surface area (Å²) in [7, 11) is -3.49. The van der Waals surface area contributed by atoms with Crippen LogP contribution in [0.2, 0.25) is 0 Å². The second-order valence-corrected chi connectivity index (χ2v) is 9.99. The van der Waals surface area contributed by atoms with Gasteiger partial charge in [-0.1, -0.05) is 36.4 Å². The maximum Gasteiger partial charge on any atom is 0.243 e. The summed E-state index contributed by atoms with van der Waals surface area (Å²) in [6.45, 7) is 2.51. The number of hydrogen-bond acceptors (Lipinski definition) is 3. The molecular weight excluding hydrogens is 350 g/mol. The van der Waals surface area contributed by atoms with Gasteiger partial charge in [-0.25, -0.2) is 8.42 Å². The highest BCUT2D eigenvalue weighted by atomic mass is 32.2. The van der Waals surface area contributed by atoms with Gasteiger partial charge < -0.3 is 0 Å². The predicted octanol–water partition coefficient (Wildman–Crippen LogP) is 4.04. The number of nitrogens with zero attached hydrogens (tertiary/aromatic N) is 1. The van der Waals surface area contributed by atoms with Gasteiger partial charge in [0.05, 0.1) is 10.9 Å². The Morgan fingerprint density at radius 3 is 2.72 bits per heavy atom. The monoisotopic (exact) mass is 373 g/mol. The third-order valence-electron chi connectivity index (χ3n) is 5.29. The van der Waals surface area contributed by atoms with Crippen LogP contribution in [0.25, 0.3) is 0 Å². The first kappa shape index (κ1) is 17.1. The Labute approximate surface area is 154 Å². The van der Waals surface area contributed by atoms with Crippen LogP contribution >= 0.6 is 11.8 Å². The second kappa shape index (κ2) is 6.78. The smallest absolute Gasteiger partial charge is 0.207 e. The van der Waals surface area contributed by atoms with E-state index >= 15 is 0 Å². The normalized spacial score (nSPS) is 24.2. The fraction of sp³-hybridized carbons (Fsp3) is 0.400. The van der Waals surface area contributed by atoms with Crippen LogP contribution < -0.4 is 0 Å². The van der Waals surface area contributed by atoms with Crippen molar-refractivity contribution >= 4 is 21.8 Å². The SMILES string of the molecule is Cc1cccc(S(=O)(=O)N2CCc3ccccc3C2C2CCSC2)c1. The summed E-state index contributed by atoms with van der Waals surface area (Å²) < 4.78 is 28.6. The minimum absolute atomic E-state index is 0.0366. The van der Waals surface area contributed by atoms with E-state index in [1.54, 1.807) is 16.4 Å². The van der Waals surface area contributed by atoms with Crippen LogP contribution in [0.3, 0.4) is 0 Å². The van der Waals surface area contributed by atoms with E-state index in [0.717, 1.165) is 29.9 Å². The highest BCUT2D eigenvalue weighted by Crippen LogP contribution is 2.43. The molecule has 0 aromatic heterocycles. The second-order valence-electron chi connectivity index (χ2n) is 6.95. The lowest BCUT2D eigenvalue weighted by Crippen LogP contribution is -2.43. The van der Waals surface area contributed by atoms with Gasteiger partial charge in [0.15, 0.2) is 0 Å². The van der Waals surface area contributed by atoms with Crippen molar-refractivity contribution in [1.82, 2.24) is 4.31 Å². The molecule has 0 radical (unpaired) electrons. The van der Waals surface area contributed by atoms with Crippen LogP contribution in [0, 0.1) is 12.8 Å². The van der Waals surface area contributed by atoms with E-state index in [4.69, 9.17) is 0 Å². The van der Waals surface area contributed by atoms with E-state index in [9.17, 15) is 8.42 Å². The van der Waals surface area contributed by atoms with E-state index < -0.39 is 10.0 Å². The van der Waals surface area contributed by atoms with Crippen LogP contribution in [0.15, 0.2) is 53.4 Å². The first-order valence-corrected chi connectivity index (χ1v) is 11.4. The molecular formula is C20H23NO2S2. The first-order chi connectivity index (χ1) is 12.1. The first-order valence-electron chi connectivity index (χ1n) is 8.81. The zero-order valence-corrected chi connectivity index (χ0v) is 16.0. The molecule has 5 heteroatoms. The van der Waals surface area contributed by atoms with Crippen LogP contribution in [0.1, 0.15) is 29.2 Å². The summed E-state index contributed by atoms with van der Waals surface area (Å²) in [5.74, 6) is 2.56. The summed E-state index contributed by atoms with van der Waals surface area (Å²) in [5.41, 5.74) is 3.49. The topological polar surface area (TPSA) is 37.4 Å². The molecule has 2 aromatic rings. The van der Waals surface area contributed by atoms with Gasteiger partial charge in [0.25, 0.3) is 0 Å². The number of aryl methyl sites for hydroxylation is 1. The standard InChI is InChI=1S/C20H23NO2S2/c1-15-5-4-7-18(13-15)25(22,23)21-11-9-16-6-2-3-8-19(16)20(21)17-10-12-24-14-17/h2-8,13,17,20H,9-12,14H2,1H3. The van der Waals surface area contributed by atoms with E-state index in [0.29, 0.717) is 17.4 Å². The van der Waals surface area contributed by atoms with Crippen molar-refractivity contribution in [2.75, 3.05) is 18.1 Å². The summed E-state index contributed by atoms with van der Waals surface area (Å²) in [5, 5.41) is 0. The Balaban J connectivity index is 1.80. The minimum atomic E-state index is -3.49. The average molecular weight is 374 g/mol. The molecule has 1 fully saturated rings.